The molecule has 3 rings (SSSR count). The van der Waals surface area contributed by atoms with Crippen molar-refractivity contribution in [3.8, 4) is 11.5 Å². The Morgan fingerprint density at radius 1 is 1.06 bits per heavy atom. The monoisotopic (exact) mass is 436 g/mol. The molecule has 0 fully saturated rings. The third kappa shape index (κ3) is 5.01. The van der Waals surface area contributed by atoms with Crippen LogP contribution in [0.4, 0.5) is 11.4 Å². The van der Waals surface area contributed by atoms with Crippen LogP contribution < -0.4 is 10.1 Å². The number of hydrogen-bond donors (Lipinski definition) is 2. The van der Waals surface area contributed by atoms with Crippen LogP contribution in [0.5, 0.6) is 11.5 Å². The number of aryl methyl sites for hydroxylation is 1. The maximum Gasteiger partial charge on any atom is 0.343 e. The van der Waals surface area contributed by atoms with Gasteiger partial charge in [-0.2, -0.15) is 0 Å². The number of carbonyl (C=O) groups excluding carboxylic acids is 2. The first-order chi connectivity index (χ1) is 15.3. The molecular formula is C23H20N2O7. The smallest absolute Gasteiger partial charge is 0.343 e. The van der Waals surface area contributed by atoms with Gasteiger partial charge in [-0.25, -0.2) is 4.79 Å². The van der Waals surface area contributed by atoms with Gasteiger partial charge in [0, 0.05) is 11.6 Å². The highest BCUT2D eigenvalue weighted by Gasteiger charge is 2.29. The van der Waals surface area contributed by atoms with Gasteiger partial charge in [0.25, 0.3) is 11.6 Å². The molecule has 0 saturated heterocycles. The summed E-state index contributed by atoms with van der Waals surface area (Å²) in [5.41, 5.74) is 0.470. The van der Waals surface area contributed by atoms with E-state index >= 15 is 0 Å². The lowest BCUT2D eigenvalue weighted by atomic mass is 10.1. The Balaban J connectivity index is 1.93. The number of ether oxygens (including phenoxy) is 2. The maximum absolute atomic E-state index is 13.0. The van der Waals surface area contributed by atoms with Crippen LogP contribution in [0.15, 0.2) is 66.7 Å². The van der Waals surface area contributed by atoms with Crippen molar-refractivity contribution in [1.29, 1.82) is 0 Å². The topological polar surface area (TPSA) is 128 Å². The summed E-state index contributed by atoms with van der Waals surface area (Å²) in [5, 5.41) is 23.9. The van der Waals surface area contributed by atoms with E-state index in [9.17, 15) is 24.8 Å². The van der Waals surface area contributed by atoms with E-state index in [1.165, 1.54) is 37.4 Å². The third-order valence-electron chi connectivity index (χ3n) is 4.60. The molecule has 0 saturated carbocycles. The molecule has 0 heterocycles. The van der Waals surface area contributed by atoms with Crippen LogP contribution in [0, 0.1) is 17.0 Å². The minimum atomic E-state index is -1.43. The fourth-order valence-corrected chi connectivity index (χ4v) is 2.97. The molecule has 32 heavy (non-hydrogen) atoms. The van der Waals surface area contributed by atoms with Crippen molar-refractivity contribution in [1.82, 2.24) is 0 Å². The van der Waals surface area contributed by atoms with E-state index in [0.29, 0.717) is 16.9 Å². The number of esters is 1. The SMILES string of the molecule is COc1ccc(O)c(C(=O)OC(C(=O)Nc2ccc(C)cc2[N+](=O)[O-])c2ccccc2)c1. The van der Waals surface area contributed by atoms with Gasteiger partial charge in [-0.15, -0.1) is 0 Å². The number of aromatic hydroxyl groups is 1. The summed E-state index contributed by atoms with van der Waals surface area (Å²) in [6.45, 7) is 1.69. The molecule has 9 heteroatoms. The summed E-state index contributed by atoms with van der Waals surface area (Å²) in [5.74, 6) is -1.80. The van der Waals surface area contributed by atoms with Crippen molar-refractivity contribution in [2.75, 3.05) is 12.4 Å². The van der Waals surface area contributed by atoms with Crippen molar-refractivity contribution >= 4 is 23.3 Å². The highest BCUT2D eigenvalue weighted by Crippen LogP contribution is 2.30. The summed E-state index contributed by atoms with van der Waals surface area (Å²) in [4.78, 5) is 36.6. The molecule has 164 valence electrons. The zero-order valence-corrected chi connectivity index (χ0v) is 17.3. The number of nitro benzene ring substituents is 1. The van der Waals surface area contributed by atoms with Crippen LogP contribution >= 0.6 is 0 Å². The molecule has 0 aromatic heterocycles. The zero-order valence-electron chi connectivity index (χ0n) is 17.3. The molecule has 0 aliphatic rings. The Hall–Kier alpha value is -4.40. The predicted octanol–water partition coefficient (Wildman–Crippen LogP) is 4.15. The normalized spacial score (nSPS) is 11.3. The third-order valence-corrected chi connectivity index (χ3v) is 4.60. The van der Waals surface area contributed by atoms with Gasteiger partial charge in [0.1, 0.15) is 22.7 Å². The van der Waals surface area contributed by atoms with Crippen LogP contribution in [0.2, 0.25) is 0 Å². The van der Waals surface area contributed by atoms with Gasteiger partial charge < -0.3 is 19.9 Å². The first-order valence-corrected chi connectivity index (χ1v) is 9.49. The molecule has 0 aliphatic heterocycles. The Kier molecular flexibility index (Phi) is 6.69. The lowest BCUT2D eigenvalue weighted by Crippen LogP contribution is -2.26. The number of hydrogen-bond acceptors (Lipinski definition) is 7. The summed E-state index contributed by atoms with van der Waals surface area (Å²) >= 11 is 0. The van der Waals surface area contributed by atoms with Gasteiger partial charge in [-0.3, -0.25) is 14.9 Å². The van der Waals surface area contributed by atoms with E-state index in [4.69, 9.17) is 9.47 Å². The quantitative estimate of drug-likeness (QED) is 0.323. The van der Waals surface area contributed by atoms with Crippen molar-refractivity contribution < 1.29 is 29.1 Å². The van der Waals surface area contributed by atoms with Crippen molar-refractivity contribution in [3.63, 3.8) is 0 Å². The molecule has 0 radical (unpaired) electrons. The molecule has 1 amide bonds. The molecule has 3 aromatic rings. The molecule has 0 bridgehead atoms. The highest BCUT2D eigenvalue weighted by molar-refractivity contribution is 6.00. The second kappa shape index (κ2) is 9.61. The number of benzene rings is 3. The molecule has 0 spiro atoms. The number of phenols is 1. The summed E-state index contributed by atoms with van der Waals surface area (Å²) in [7, 11) is 1.40. The molecule has 0 aliphatic carbocycles. The number of phenolic OH excluding ortho intramolecular Hbond substituents is 1. The Morgan fingerprint density at radius 2 is 1.78 bits per heavy atom. The number of nitro groups is 1. The fourth-order valence-electron chi connectivity index (χ4n) is 2.97. The standard InChI is InChI=1S/C23H20N2O7/c1-14-8-10-18(19(12-14)25(29)30)24-22(27)21(15-6-4-3-5-7-15)32-23(28)17-13-16(31-2)9-11-20(17)26/h3-13,21,26H,1-2H3,(H,24,27). The number of nitrogens with one attached hydrogen (secondary N) is 1. The number of carbonyl (C=O) groups is 2. The number of nitrogens with zero attached hydrogens (tertiary/aromatic N) is 1. The molecule has 9 nitrogen and oxygen atoms in total. The zero-order chi connectivity index (χ0) is 23.3. The van der Waals surface area contributed by atoms with Crippen LogP contribution in [-0.4, -0.2) is 29.0 Å². The van der Waals surface area contributed by atoms with Crippen molar-refractivity contribution in [2.45, 2.75) is 13.0 Å². The summed E-state index contributed by atoms with van der Waals surface area (Å²) in [6, 6.07) is 16.5. The number of anilines is 1. The Morgan fingerprint density at radius 3 is 2.44 bits per heavy atom. The molecule has 1 unspecified atom stereocenters. The summed E-state index contributed by atoms with van der Waals surface area (Å²) < 4.78 is 10.5. The van der Waals surface area contributed by atoms with E-state index in [1.54, 1.807) is 43.3 Å². The minimum Gasteiger partial charge on any atom is -0.507 e. The maximum atomic E-state index is 13.0. The van der Waals surface area contributed by atoms with E-state index < -0.39 is 22.9 Å². The van der Waals surface area contributed by atoms with Gasteiger partial charge in [0.2, 0.25) is 6.10 Å². The molecule has 2 N–H and O–H groups in total. The average Bonchev–Trinajstić information content (AvgIpc) is 2.79. The van der Waals surface area contributed by atoms with E-state index in [-0.39, 0.29) is 22.7 Å². The van der Waals surface area contributed by atoms with Gasteiger partial charge >= 0.3 is 5.97 Å². The molecule has 1 atom stereocenters. The fraction of sp³-hybridized carbons (Fsp3) is 0.130. The van der Waals surface area contributed by atoms with E-state index in [1.807, 2.05) is 0 Å². The Bertz CT molecular complexity index is 1160. The number of methoxy groups -OCH3 is 1. The molecular weight excluding hydrogens is 416 g/mol. The van der Waals surface area contributed by atoms with Crippen LogP contribution in [0.3, 0.4) is 0 Å². The molecule has 3 aromatic carbocycles. The first-order valence-electron chi connectivity index (χ1n) is 9.49. The second-order valence-corrected chi connectivity index (χ2v) is 6.85. The number of amides is 1. The summed E-state index contributed by atoms with van der Waals surface area (Å²) in [6.07, 6.45) is -1.43. The number of rotatable bonds is 7. The predicted molar refractivity (Wildman–Crippen MR) is 116 cm³/mol. The first kappa shape index (κ1) is 22.3. The van der Waals surface area contributed by atoms with Crippen LogP contribution in [0.25, 0.3) is 0 Å². The van der Waals surface area contributed by atoms with Crippen LogP contribution in [0.1, 0.15) is 27.6 Å². The Labute approximate surface area is 183 Å². The minimum absolute atomic E-state index is 0.0354. The van der Waals surface area contributed by atoms with E-state index in [2.05, 4.69) is 5.32 Å². The van der Waals surface area contributed by atoms with Gasteiger partial charge in [-0.05, 0) is 36.8 Å². The second-order valence-electron chi connectivity index (χ2n) is 6.85. The van der Waals surface area contributed by atoms with Crippen molar-refractivity contribution in [2.24, 2.45) is 0 Å². The highest BCUT2D eigenvalue weighted by atomic mass is 16.6. The van der Waals surface area contributed by atoms with E-state index in [0.717, 1.165) is 0 Å². The van der Waals surface area contributed by atoms with Gasteiger partial charge in [-0.1, -0.05) is 36.4 Å². The van der Waals surface area contributed by atoms with Gasteiger partial charge in [0.15, 0.2) is 0 Å². The van der Waals surface area contributed by atoms with Crippen LogP contribution in [-0.2, 0) is 9.53 Å². The largest absolute Gasteiger partial charge is 0.507 e. The average molecular weight is 436 g/mol. The van der Waals surface area contributed by atoms with Gasteiger partial charge in [0.05, 0.1) is 12.0 Å². The lowest BCUT2D eigenvalue weighted by molar-refractivity contribution is -0.384. The lowest BCUT2D eigenvalue weighted by Gasteiger charge is -2.19. The van der Waals surface area contributed by atoms with Crippen molar-refractivity contribution in [3.05, 3.63) is 93.5 Å².